The van der Waals surface area contributed by atoms with Crippen molar-refractivity contribution >= 4 is 22.6 Å². The second-order valence-corrected chi connectivity index (χ2v) is 7.52. The SMILES string of the molecule is CC(C)(C)c1cc(CCCO)cc(-n2nc3ccc(Cl)cc3n2)c1. The summed E-state index contributed by atoms with van der Waals surface area (Å²) in [6.07, 6.45) is 1.58. The molecule has 0 bridgehead atoms. The van der Waals surface area contributed by atoms with Gasteiger partial charge in [-0.15, -0.1) is 10.2 Å². The zero-order chi connectivity index (χ0) is 17.3. The molecule has 5 heteroatoms. The van der Waals surface area contributed by atoms with Crippen molar-refractivity contribution in [1.82, 2.24) is 15.0 Å². The summed E-state index contributed by atoms with van der Waals surface area (Å²) in [5, 5.41) is 18.9. The molecule has 3 rings (SSSR count). The van der Waals surface area contributed by atoms with Crippen LogP contribution in [0.2, 0.25) is 5.02 Å². The molecule has 0 spiro atoms. The van der Waals surface area contributed by atoms with Crippen LogP contribution in [-0.2, 0) is 11.8 Å². The Morgan fingerprint density at radius 1 is 1.04 bits per heavy atom. The van der Waals surface area contributed by atoms with Crippen LogP contribution in [0.3, 0.4) is 0 Å². The highest BCUT2D eigenvalue weighted by molar-refractivity contribution is 6.31. The molecule has 0 aliphatic rings. The van der Waals surface area contributed by atoms with Crippen molar-refractivity contribution in [1.29, 1.82) is 0 Å². The molecule has 1 N–H and O–H groups in total. The zero-order valence-corrected chi connectivity index (χ0v) is 15.0. The van der Waals surface area contributed by atoms with Gasteiger partial charge in [0.15, 0.2) is 0 Å². The molecule has 24 heavy (non-hydrogen) atoms. The van der Waals surface area contributed by atoms with Gasteiger partial charge < -0.3 is 5.11 Å². The van der Waals surface area contributed by atoms with Crippen LogP contribution in [0, 0.1) is 0 Å². The molecule has 0 radical (unpaired) electrons. The second-order valence-electron chi connectivity index (χ2n) is 7.09. The topological polar surface area (TPSA) is 50.9 Å². The minimum atomic E-state index is 0.0276. The lowest BCUT2D eigenvalue weighted by molar-refractivity contribution is 0.288. The van der Waals surface area contributed by atoms with Crippen LogP contribution in [0.5, 0.6) is 0 Å². The summed E-state index contributed by atoms with van der Waals surface area (Å²) in [5.74, 6) is 0. The molecular formula is C19H22ClN3O. The van der Waals surface area contributed by atoms with Crippen molar-refractivity contribution < 1.29 is 5.11 Å². The fourth-order valence-corrected chi connectivity index (χ4v) is 2.82. The van der Waals surface area contributed by atoms with Crippen molar-refractivity contribution in [2.75, 3.05) is 6.61 Å². The number of halogens is 1. The number of aliphatic hydroxyl groups is 1. The number of hydrogen-bond donors (Lipinski definition) is 1. The highest BCUT2D eigenvalue weighted by atomic mass is 35.5. The second kappa shape index (κ2) is 6.54. The van der Waals surface area contributed by atoms with Gasteiger partial charge in [-0.05, 0) is 59.7 Å². The summed E-state index contributed by atoms with van der Waals surface area (Å²) < 4.78 is 0. The average Bonchev–Trinajstić information content (AvgIpc) is 2.95. The van der Waals surface area contributed by atoms with E-state index in [1.807, 2.05) is 18.2 Å². The standard InChI is InChI=1S/C19H22ClN3O/c1-19(2,3)14-9-13(5-4-8-24)10-16(11-14)23-21-17-7-6-15(20)12-18(17)22-23/h6-7,9-12,24H,4-5,8H2,1-3H3. The van der Waals surface area contributed by atoms with Gasteiger partial charge in [0.2, 0.25) is 0 Å². The average molecular weight is 344 g/mol. The van der Waals surface area contributed by atoms with Crippen LogP contribution in [0.15, 0.2) is 36.4 Å². The summed E-state index contributed by atoms with van der Waals surface area (Å²) in [5.41, 5.74) is 4.97. The van der Waals surface area contributed by atoms with E-state index in [-0.39, 0.29) is 12.0 Å². The molecule has 0 saturated heterocycles. The maximum Gasteiger partial charge on any atom is 0.115 e. The molecule has 0 aliphatic heterocycles. The Morgan fingerprint density at radius 3 is 2.50 bits per heavy atom. The van der Waals surface area contributed by atoms with Crippen molar-refractivity contribution in [2.45, 2.75) is 39.0 Å². The monoisotopic (exact) mass is 343 g/mol. The molecule has 0 aliphatic carbocycles. The van der Waals surface area contributed by atoms with Gasteiger partial charge in [-0.2, -0.15) is 4.80 Å². The Morgan fingerprint density at radius 2 is 1.79 bits per heavy atom. The maximum absolute atomic E-state index is 9.12. The Kier molecular flexibility index (Phi) is 4.61. The molecule has 126 valence electrons. The third kappa shape index (κ3) is 3.60. The summed E-state index contributed by atoms with van der Waals surface area (Å²) in [6.45, 7) is 6.76. The van der Waals surface area contributed by atoms with Crippen LogP contribution >= 0.6 is 11.6 Å². The summed E-state index contributed by atoms with van der Waals surface area (Å²) >= 11 is 6.04. The molecule has 1 heterocycles. The van der Waals surface area contributed by atoms with Gasteiger partial charge in [0, 0.05) is 11.6 Å². The Hall–Kier alpha value is -1.91. The molecule has 1 aromatic heterocycles. The predicted octanol–water partition coefficient (Wildman–Crippen LogP) is 4.30. The molecule has 0 atom stereocenters. The normalized spacial score (nSPS) is 12.0. The van der Waals surface area contributed by atoms with E-state index in [0.717, 1.165) is 29.6 Å². The number of aliphatic hydroxyl groups excluding tert-OH is 1. The van der Waals surface area contributed by atoms with Crippen LogP contribution in [0.1, 0.15) is 38.3 Å². The molecule has 3 aromatic rings. The quantitative estimate of drug-likeness (QED) is 0.768. The first-order valence-electron chi connectivity index (χ1n) is 8.15. The molecule has 0 saturated carbocycles. The van der Waals surface area contributed by atoms with Gasteiger partial charge >= 0.3 is 0 Å². The predicted molar refractivity (Wildman–Crippen MR) is 98.0 cm³/mol. The minimum Gasteiger partial charge on any atom is -0.396 e. The molecule has 0 amide bonds. The molecule has 0 fully saturated rings. The highest BCUT2D eigenvalue weighted by Gasteiger charge is 2.17. The first-order chi connectivity index (χ1) is 11.4. The number of fused-ring (bicyclic) bond motifs is 1. The number of aryl methyl sites for hydroxylation is 1. The highest BCUT2D eigenvalue weighted by Crippen LogP contribution is 2.27. The van der Waals surface area contributed by atoms with E-state index >= 15 is 0 Å². The smallest absolute Gasteiger partial charge is 0.115 e. The first kappa shape index (κ1) is 16.9. The molecule has 4 nitrogen and oxygen atoms in total. The summed E-state index contributed by atoms with van der Waals surface area (Å²) in [6, 6.07) is 11.9. The van der Waals surface area contributed by atoms with Gasteiger partial charge in [-0.3, -0.25) is 0 Å². The Labute approximate surface area is 147 Å². The van der Waals surface area contributed by atoms with E-state index in [0.29, 0.717) is 5.02 Å². The van der Waals surface area contributed by atoms with Crippen LogP contribution < -0.4 is 0 Å². The van der Waals surface area contributed by atoms with Gasteiger partial charge in [0.25, 0.3) is 0 Å². The van der Waals surface area contributed by atoms with E-state index < -0.39 is 0 Å². The van der Waals surface area contributed by atoms with Crippen molar-refractivity contribution in [3.05, 3.63) is 52.5 Å². The lowest BCUT2D eigenvalue weighted by Gasteiger charge is -2.21. The lowest BCUT2D eigenvalue weighted by atomic mass is 9.85. The fraction of sp³-hybridized carbons (Fsp3) is 0.368. The van der Waals surface area contributed by atoms with Crippen LogP contribution in [0.4, 0.5) is 0 Å². The molecule has 0 unspecified atom stereocenters. The van der Waals surface area contributed by atoms with Crippen molar-refractivity contribution in [2.24, 2.45) is 0 Å². The van der Waals surface area contributed by atoms with E-state index in [9.17, 15) is 0 Å². The number of hydrogen-bond acceptors (Lipinski definition) is 3. The fourth-order valence-electron chi connectivity index (χ4n) is 2.65. The van der Waals surface area contributed by atoms with Gasteiger partial charge in [-0.25, -0.2) is 0 Å². The Balaban J connectivity index is 2.10. The van der Waals surface area contributed by atoms with Crippen LogP contribution in [-0.4, -0.2) is 26.7 Å². The lowest BCUT2D eigenvalue weighted by Crippen LogP contribution is -2.13. The number of aromatic nitrogens is 3. The van der Waals surface area contributed by atoms with Gasteiger partial charge in [0.05, 0.1) is 5.69 Å². The molecule has 2 aromatic carbocycles. The first-order valence-corrected chi connectivity index (χ1v) is 8.53. The Bertz CT molecular complexity index is 865. The van der Waals surface area contributed by atoms with Crippen LogP contribution in [0.25, 0.3) is 16.7 Å². The van der Waals surface area contributed by atoms with Gasteiger partial charge in [-0.1, -0.05) is 38.4 Å². The molecular weight excluding hydrogens is 322 g/mol. The number of nitrogens with zero attached hydrogens (tertiary/aromatic N) is 3. The number of rotatable bonds is 4. The summed E-state index contributed by atoms with van der Waals surface area (Å²) in [7, 11) is 0. The van der Waals surface area contributed by atoms with E-state index in [1.165, 1.54) is 11.1 Å². The third-order valence-corrected chi connectivity index (χ3v) is 4.28. The largest absolute Gasteiger partial charge is 0.396 e. The third-order valence-electron chi connectivity index (χ3n) is 4.04. The summed E-state index contributed by atoms with van der Waals surface area (Å²) in [4.78, 5) is 1.67. The van der Waals surface area contributed by atoms with Gasteiger partial charge in [0.1, 0.15) is 11.0 Å². The van der Waals surface area contributed by atoms with E-state index in [4.69, 9.17) is 16.7 Å². The van der Waals surface area contributed by atoms with E-state index in [1.54, 1.807) is 4.80 Å². The maximum atomic E-state index is 9.12. The minimum absolute atomic E-state index is 0.0276. The number of benzene rings is 2. The zero-order valence-electron chi connectivity index (χ0n) is 14.3. The van der Waals surface area contributed by atoms with E-state index in [2.05, 4.69) is 49.2 Å². The van der Waals surface area contributed by atoms with Crippen molar-refractivity contribution in [3.8, 4) is 5.69 Å². The van der Waals surface area contributed by atoms with Crippen molar-refractivity contribution in [3.63, 3.8) is 0 Å².